The molecule has 1 aliphatic heterocycles. The number of hydrogen-bond donors (Lipinski definition) is 2. The predicted molar refractivity (Wildman–Crippen MR) is 70.7 cm³/mol. The molecule has 1 aliphatic rings. The fourth-order valence-corrected chi connectivity index (χ4v) is 1.90. The van der Waals surface area contributed by atoms with E-state index < -0.39 is 0 Å². The monoisotopic (exact) mass is 272 g/mol. The second-order valence-electron chi connectivity index (χ2n) is 4.19. The number of ether oxygens (including phenoxy) is 2. The first-order valence-corrected chi connectivity index (χ1v) is 6.03. The summed E-state index contributed by atoms with van der Waals surface area (Å²) in [5, 5.41) is 11.9. The SMILES string of the molecule is O=C(Nc1ncccc1CO)c1ccc2c(c1)OCO2. The number of pyridine rings is 1. The van der Waals surface area contributed by atoms with Crippen molar-refractivity contribution in [1.29, 1.82) is 0 Å². The van der Waals surface area contributed by atoms with Gasteiger partial charge in [-0.05, 0) is 24.3 Å². The van der Waals surface area contributed by atoms with Gasteiger partial charge in [-0.25, -0.2) is 4.98 Å². The molecule has 1 aromatic carbocycles. The van der Waals surface area contributed by atoms with Gasteiger partial charge in [0, 0.05) is 17.3 Å². The molecule has 0 spiro atoms. The Balaban J connectivity index is 1.83. The third kappa shape index (κ3) is 2.28. The third-order valence-corrected chi connectivity index (χ3v) is 2.93. The molecular formula is C14H12N2O4. The van der Waals surface area contributed by atoms with E-state index in [-0.39, 0.29) is 19.3 Å². The van der Waals surface area contributed by atoms with Gasteiger partial charge in [0.15, 0.2) is 11.5 Å². The Hall–Kier alpha value is -2.60. The maximum absolute atomic E-state index is 12.2. The van der Waals surface area contributed by atoms with Gasteiger partial charge in [-0.2, -0.15) is 0 Å². The highest BCUT2D eigenvalue weighted by molar-refractivity contribution is 6.04. The van der Waals surface area contributed by atoms with Gasteiger partial charge in [0.1, 0.15) is 5.82 Å². The van der Waals surface area contributed by atoms with Gasteiger partial charge in [-0.1, -0.05) is 6.07 Å². The molecule has 0 saturated heterocycles. The summed E-state index contributed by atoms with van der Waals surface area (Å²) in [6, 6.07) is 8.33. The van der Waals surface area contributed by atoms with E-state index in [2.05, 4.69) is 10.3 Å². The van der Waals surface area contributed by atoms with Gasteiger partial charge < -0.3 is 19.9 Å². The molecule has 6 nitrogen and oxygen atoms in total. The van der Waals surface area contributed by atoms with Gasteiger partial charge in [0.2, 0.25) is 6.79 Å². The van der Waals surface area contributed by atoms with E-state index in [1.807, 2.05) is 0 Å². The Kier molecular flexibility index (Phi) is 3.22. The van der Waals surface area contributed by atoms with Crippen molar-refractivity contribution in [3.05, 3.63) is 47.7 Å². The standard InChI is InChI=1S/C14H12N2O4/c17-7-10-2-1-5-15-13(10)16-14(18)9-3-4-11-12(6-9)20-8-19-11/h1-6,17H,7-8H2,(H,15,16,18). The van der Waals surface area contributed by atoms with E-state index in [4.69, 9.17) is 9.47 Å². The molecule has 20 heavy (non-hydrogen) atoms. The lowest BCUT2D eigenvalue weighted by Crippen LogP contribution is -2.14. The number of amides is 1. The molecule has 0 bridgehead atoms. The summed E-state index contributed by atoms with van der Waals surface area (Å²) in [4.78, 5) is 16.2. The molecule has 2 aromatic rings. The molecular weight excluding hydrogens is 260 g/mol. The minimum absolute atomic E-state index is 0.162. The van der Waals surface area contributed by atoms with Crippen LogP contribution >= 0.6 is 0 Å². The lowest BCUT2D eigenvalue weighted by Gasteiger charge is -2.08. The fraction of sp³-hybridized carbons (Fsp3) is 0.143. The lowest BCUT2D eigenvalue weighted by atomic mass is 10.2. The average Bonchev–Trinajstić information content (AvgIpc) is 2.95. The van der Waals surface area contributed by atoms with Crippen molar-refractivity contribution >= 4 is 11.7 Å². The maximum Gasteiger partial charge on any atom is 0.256 e. The van der Waals surface area contributed by atoms with E-state index in [9.17, 15) is 9.90 Å². The number of hydrogen-bond acceptors (Lipinski definition) is 5. The Morgan fingerprint density at radius 3 is 3.00 bits per heavy atom. The number of benzene rings is 1. The van der Waals surface area contributed by atoms with Gasteiger partial charge in [0.05, 0.1) is 6.61 Å². The number of rotatable bonds is 3. The predicted octanol–water partition coefficient (Wildman–Crippen LogP) is 1.55. The van der Waals surface area contributed by atoms with Crippen LogP contribution in [0.15, 0.2) is 36.5 Å². The second-order valence-corrected chi connectivity index (χ2v) is 4.19. The summed E-state index contributed by atoms with van der Waals surface area (Å²) in [6.07, 6.45) is 1.55. The van der Waals surface area contributed by atoms with Crippen LogP contribution in [0.3, 0.4) is 0 Å². The van der Waals surface area contributed by atoms with Crippen LogP contribution in [0.2, 0.25) is 0 Å². The van der Waals surface area contributed by atoms with E-state index in [1.54, 1.807) is 36.5 Å². The quantitative estimate of drug-likeness (QED) is 0.886. The number of carbonyl (C=O) groups excluding carboxylic acids is 1. The summed E-state index contributed by atoms with van der Waals surface area (Å²) >= 11 is 0. The molecule has 1 aromatic heterocycles. The molecule has 1 amide bonds. The minimum Gasteiger partial charge on any atom is -0.454 e. The number of carbonyl (C=O) groups is 1. The first kappa shape index (κ1) is 12.4. The molecule has 0 aliphatic carbocycles. The summed E-state index contributed by atoms with van der Waals surface area (Å²) < 4.78 is 10.4. The van der Waals surface area contributed by atoms with Crippen molar-refractivity contribution in [3.8, 4) is 11.5 Å². The third-order valence-electron chi connectivity index (χ3n) is 2.93. The van der Waals surface area contributed by atoms with Crippen molar-refractivity contribution < 1.29 is 19.4 Å². The number of aromatic nitrogens is 1. The van der Waals surface area contributed by atoms with Crippen LogP contribution in [0.25, 0.3) is 0 Å². The normalized spacial score (nSPS) is 12.2. The molecule has 0 atom stereocenters. The smallest absolute Gasteiger partial charge is 0.256 e. The zero-order valence-electron chi connectivity index (χ0n) is 10.5. The van der Waals surface area contributed by atoms with E-state index in [0.29, 0.717) is 28.4 Å². The van der Waals surface area contributed by atoms with Crippen LogP contribution in [0.4, 0.5) is 5.82 Å². The van der Waals surface area contributed by atoms with E-state index in [1.165, 1.54) is 0 Å². The Morgan fingerprint density at radius 1 is 1.30 bits per heavy atom. The van der Waals surface area contributed by atoms with Crippen molar-refractivity contribution in [2.75, 3.05) is 12.1 Å². The van der Waals surface area contributed by atoms with Crippen LogP contribution in [-0.2, 0) is 6.61 Å². The minimum atomic E-state index is -0.322. The maximum atomic E-state index is 12.2. The topological polar surface area (TPSA) is 80.7 Å². The summed E-state index contributed by atoms with van der Waals surface area (Å²) in [5.41, 5.74) is 0.991. The van der Waals surface area contributed by atoms with Crippen LogP contribution in [0.5, 0.6) is 11.5 Å². The highest BCUT2D eigenvalue weighted by atomic mass is 16.7. The molecule has 2 heterocycles. The number of nitrogens with one attached hydrogen (secondary N) is 1. The Labute approximate surface area is 115 Å². The molecule has 0 saturated carbocycles. The molecule has 0 fully saturated rings. The van der Waals surface area contributed by atoms with Crippen LogP contribution in [0, 0.1) is 0 Å². The lowest BCUT2D eigenvalue weighted by molar-refractivity contribution is 0.102. The van der Waals surface area contributed by atoms with Crippen LogP contribution in [-0.4, -0.2) is 22.8 Å². The van der Waals surface area contributed by atoms with Crippen LogP contribution < -0.4 is 14.8 Å². The van der Waals surface area contributed by atoms with Crippen molar-refractivity contribution in [3.63, 3.8) is 0 Å². The summed E-state index contributed by atoms with van der Waals surface area (Å²) in [5.74, 6) is 1.19. The van der Waals surface area contributed by atoms with Crippen molar-refractivity contribution in [1.82, 2.24) is 4.98 Å². The number of anilines is 1. The first-order valence-electron chi connectivity index (χ1n) is 6.03. The number of aliphatic hydroxyl groups is 1. The van der Waals surface area contributed by atoms with E-state index in [0.717, 1.165) is 0 Å². The summed E-state index contributed by atoms with van der Waals surface area (Å²) in [7, 11) is 0. The Morgan fingerprint density at radius 2 is 2.15 bits per heavy atom. The number of aliphatic hydroxyl groups excluding tert-OH is 1. The number of nitrogens with zero attached hydrogens (tertiary/aromatic N) is 1. The molecule has 0 unspecified atom stereocenters. The summed E-state index contributed by atoms with van der Waals surface area (Å²) in [6.45, 7) is -0.0279. The second kappa shape index (κ2) is 5.18. The highest BCUT2D eigenvalue weighted by Gasteiger charge is 2.17. The van der Waals surface area contributed by atoms with Gasteiger partial charge in [-0.3, -0.25) is 4.79 Å². The molecule has 3 rings (SSSR count). The van der Waals surface area contributed by atoms with Crippen LogP contribution in [0.1, 0.15) is 15.9 Å². The molecule has 2 N–H and O–H groups in total. The zero-order chi connectivity index (χ0) is 13.9. The first-order chi connectivity index (χ1) is 9.78. The molecule has 102 valence electrons. The van der Waals surface area contributed by atoms with Crippen molar-refractivity contribution in [2.45, 2.75) is 6.61 Å². The van der Waals surface area contributed by atoms with Gasteiger partial charge >= 0.3 is 0 Å². The zero-order valence-corrected chi connectivity index (χ0v) is 10.5. The van der Waals surface area contributed by atoms with Gasteiger partial charge in [0.25, 0.3) is 5.91 Å². The highest BCUT2D eigenvalue weighted by Crippen LogP contribution is 2.32. The number of fused-ring (bicyclic) bond motifs is 1. The van der Waals surface area contributed by atoms with Crippen molar-refractivity contribution in [2.24, 2.45) is 0 Å². The fourth-order valence-electron chi connectivity index (χ4n) is 1.90. The average molecular weight is 272 g/mol. The van der Waals surface area contributed by atoms with E-state index >= 15 is 0 Å². The Bertz CT molecular complexity index is 657. The molecule has 6 heteroatoms. The largest absolute Gasteiger partial charge is 0.454 e. The molecule has 0 radical (unpaired) electrons. The van der Waals surface area contributed by atoms with Gasteiger partial charge in [-0.15, -0.1) is 0 Å².